The van der Waals surface area contributed by atoms with Gasteiger partial charge in [-0.3, -0.25) is 4.79 Å². The first-order valence-corrected chi connectivity index (χ1v) is 5.42. The van der Waals surface area contributed by atoms with Gasteiger partial charge in [-0.05, 0) is 25.4 Å². The molecule has 2 heterocycles. The summed E-state index contributed by atoms with van der Waals surface area (Å²) in [4.78, 5) is 13.7. The Kier molecular flexibility index (Phi) is 3.37. The average Bonchev–Trinajstić information content (AvgIpc) is 2.72. The van der Waals surface area contributed by atoms with Crippen molar-refractivity contribution in [3.8, 4) is 0 Å². The summed E-state index contributed by atoms with van der Waals surface area (Å²) in [5.41, 5.74) is 0. The summed E-state index contributed by atoms with van der Waals surface area (Å²) in [6, 6.07) is 0. The molecular weight excluding hydrogens is 180 g/mol. The van der Waals surface area contributed by atoms with Gasteiger partial charge in [0.25, 0.3) is 0 Å². The first kappa shape index (κ1) is 9.93. The van der Waals surface area contributed by atoms with Crippen LogP contribution in [-0.2, 0) is 9.53 Å². The van der Waals surface area contributed by atoms with Crippen LogP contribution in [-0.4, -0.2) is 50.2 Å². The largest absolute Gasteiger partial charge is 0.378 e. The van der Waals surface area contributed by atoms with Crippen LogP contribution in [0.5, 0.6) is 0 Å². The quantitative estimate of drug-likeness (QED) is 0.670. The maximum Gasteiger partial charge on any atom is 0.223 e. The topological polar surface area (TPSA) is 41.6 Å². The van der Waals surface area contributed by atoms with E-state index in [4.69, 9.17) is 4.74 Å². The third kappa shape index (κ3) is 2.45. The van der Waals surface area contributed by atoms with Crippen molar-refractivity contribution in [2.45, 2.75) is 12.8 Å². The molecule has 1 N–H and O–H groups in total. The van der Waals surface area contributed by atoms with Crippen LogP contribution >= 0.6 is 0 Å². The van der Waals surface area contributed by atoms with E-state index in [1.807, 2.05) is 4.90 Å². The number of rotatable bonds is 2. The zero-order valence-electron chi connectivity index (χ0n) is 8.50. The number of hydrogen-bond donors (Lipinski definition) is 1. The predicted molar refractivity (Wildman–Crippen MR) is 53.0 cm³/mol. The molecule has 0 aliphatic carbocycles. The molecule has 4 nitrogen and oxygen atoms in total. The van der Waals surface area contributed by atoms with E-state index >= 15 is 0 Å². The van der Waals surface area contributed by atoms with Gasteiger partial charge in [-0.2, -0.15) is 0 Å². The van der Waals surface area contributed by atoms with E-state index in [1.165, 1.54) is 0 Å². The summed E-state index contributed by atoms with van der Waals surface area (Å²) in [6.45, 7) is 5.04. The number of ether oxygens (including phenoxy) is 1. The molecule has 14 heavy (non-hydrogen) atoms. The van der Waals surface area contributed by atoms with Crippen molar-refractivity contribution in [3.05, 3.63) is 0 Å². The SMILES string of the molecule is O=C(CC1CCNC1)N1CCOCC1. The Bertz CT molecular complexity index is 196. The first-order valence-electron chi connectivity index (χ1n) is 5.42. The van der Waals surface area contributed by atoms with E-state index in [0.717, 1.165) is 32.6 Å². The molecule has 0 radical (unpaired) electrons. The number of carbonyl (C=O) groups is 1. The summed E-state index contributed by atoms with van der Waals surface area (Å²) >= 11 is 0. The fourth-order valence-corrected chi connectivity index (χ4v) is 2.08. The van der Waals surface area contributed by atoms with Crippen molar-refractivity contribution in [2.75, 3.05) is 39.4 Å². The molecule has 2 saturated heterocycles. The van der Waals surface area contributed by atoms with Crippen molar-refractivity contribution in [3.63, 3.8) is 0 Å². The summed E-state index contributed by atoms with van der Waals surface area (Å²) < 4.78 is 5.21. The second-order valence-corrected chi connectivity index (χ2v) is 4.06. The number of morpholine rings is 1. The fraction of sp³-hybridized carbons (Fsp3) is 0.900. The number of nitrogens with one attached hydrogen (secondary N) is 1. The summed E-state index contributed by atoms with van der Waals surface area (Å²) in [5, 5.41) is 3.29. The monoisotopic (exact) mass is 198 g/mol. The second-order valence-electron chi connectivity index (χ2n) is 4.06. The van der Waals surface area contributed by atoms with Gasteiger partial charge in [-0.1, -0.05) is 0 Å². The minimum atomic E-state index is 0.307. The molecule has 0 aromatic carbocycles. The molecule has 80 valence electrons. The molecule has 0 aromatic rings. The first-order chi connectivity index (χ1) is 6.86. The number of amides is 1. The number of hydrogen-bond acceptors (Lipinski definition) is 3. The lowest BCUT2D eigenvalue weighted by atomic mass is 10.0. The summed E-state index contributed by atoms with van der Waals surface area (Å²) in [7, 11) is 0. The highest BCUT2D eigenvalue weighted by molar-refractivity contribution is 5.76. The Morgan fingerprint density at radius 3 is 2.86 bits per heavy atom. The van der Waals surface area contributed by atoms with Crippen LogP contribution in [0, 0.1) is 5.92 Å². The van der Waals surface area contributed by atoms with Gasteiger partial charge in [0.2, 0.25) is 5.91 Å². The van der Waals surface area contributed by atoms with Crippen molar-refractivity contribution in [1.82, 2.24) is 10.2 Å². The minimum Gasteiger partial charge on any atom is -0.378 e. The standard InChI is InChI=1S/C10H18N2O2/c13-10(7-9-1-2-11-8-9)12-3-5-14-6-4-12/h9,11H,1-8H2. The van der Waals surface area contributed by atoms with E-state index in [1.54, 1.807) is 0 Å². The minimum absolute atomic E-state index is 0.307. The smallest absolute Gasteiger partial charge is 0.223 e. The van der Waals surface area contributed by atoms with E-state index in [2.05, 4.69) is 5.32 Å². The van der Waals surface area contributed by atoms with Crippen LogP contribution in [0.15, 0.2) is 0 Å². The Balaban J connectivity index is 1.75. The van der Waals surface area contributed by atoms with Gasteiger partial charge in [0, 0.05) is 19.5 Å². The van der Waals surface area contributed by atoms with Gasteiger partial charge < -0.3 is 15.0 Å². The molecule has 2 aliphatic heterocycles. The molecule has 0 spiro atoms. The van der Waals surface area contributed by atoms with Crippen LogP contribution in [0.3, 0.4) is 0 Å². The fourth-order valence-electron chi connectivity index (χ4n) is 2.08. The van der Waals surface area contributed by atoms with E-state index in [9.17, 15) is 4.79 Å². The molecular formula is C10H18N2O2. The van der Waals surface area contributed by atoms with Gasteiger partial charge in [0.15, 0.2) is 0 Å². The average molecular weight is 198 g/mol. The molecule has 0 bridgehead atoms. The van der Waals surface area contributed by atoms with Gasteiger partial charge in [-0.25, -0.2) is 0 Å². The van der Waals surface area contributed by atoms with E-state index in [-0.39, 0.29) is 0 Å². The van der Waals surface area contributed by atoms with Crippen molar-refractivity contribution < 1.29 is 9.53 Å². The van der Waals surface area contributed by atoms with Crippen molar-refractivity contribution >= 4 is 5.91 Å². The zero-order valence-corrected chi connectivity index (χ0v) is 8.50. The molecule has 2 aliphatic rings. The Labute approximate surface area is 84.6 Å². The van der Waals surface area contributed by atoms with Crippen LogP contribution in [0.25, 0.3) is 0 Å². The van der Waals surface area contributed by atoms with Crippen molar-refractivity contribution in [1.29, 1.82) is 0 Å². The third-order valence-electron chi connectivity index (χ3n) is 2.99. The van der Waals surface area contributed by atoms with E-state index < -0.39 is 0 Å². The molecule has 2 rings (SSSR count). The number of nitrogens with zero attached hydrogens (tertiary/aromatic N) is 1. The molecule has 2 fully saturated rings. The molecule has 0 saturated carbocycles. The molecule has 1 unspecified atom stereocenters. The van der Waals surface area contributed by atoms with Gasteiger partial charge >= 0.3 is 0 Å². The summed E-state index contributed by atoms with van der Waals surface area (Å²) in [5.74, 6) is 0.868. The summed E-state index contributed by atoms with van der Waals surface area (Å²) in [6.07, 6.45) is 1.86. The lowest BCUT2D eigenvalue weighted by Gasteiger charge is -2.27. The third-order valence-corrected chi connectivity index (χ3v) is 2.99. The lowest BCUT2D eigenvalue weighted by molar-refractivity contribution is -0.136. The van der Waals surface area contributed by atoms with E-state index in [0.29, 0.717) is 31.5 Å². The Morgan fingerprint density at radius 1 is 1.43 bits per heavy atom. The molecule has 1 atom stereocenters. The van der Waals surface area contributed by atoms with Crippen LogP contribution in [0.2, 0.25) is 0 Å². The van der Waals surface area contributed by atoms with Crippen LogP contribution < -0.4 is 5.32 Å². The maximum absolute atomic E-state index is 11.8. The molecule has 0 aromatic heterocycles. The lowest BCUT2D eigenvalue weighted by Crippen LogP contribution is -2.41. The highest BCUT2D eigenvalue weighted by Gasteiger charge is 2.22. The highest BCUT2D eigenvalue weighted by Crippen LogP contribution is 2.14. The van der Waals surface area contributed by atoms with Gasteiger partial charge in [0.1, 0.15) is 0 Å². The molecule has 4 heteroatoms. The highest BCUT2D eigenvalue weighted by atomic mass is 16.5. The normalized spacial score (nSPS) is 28.0. The predicted octanol–water partition coefficient (Wildman–Crippen LogP) is -0.155. The van der Waals surface area contributed by atoms with Crippen molar-refractivity contribution in [2.24, 2.45) is 5.92 Å². The van der Waals surface area contributed by atoms with Crippen LogP contribution in [0.4, 0.5) is 0 Å². The van der Waals surface area contributed by atoms with Gasteiger partial charge in [0.05, 0.1) is 13.2 Å². The maximum atomic E-state index is 11.8. The van der Waals surface area contributed by atoms with Crippen LogP contribution in [0.1, 0.15) is 12.8 Å². The zero-order chi connectivity index (χ0) is 9.80. The Morgan fingerprint density at radius 2 is 2.21 bits per heavy atom. The van der Waals surface area contributed by atoms with Gasteiger partial charge in [-0.15, -0.1) is 0 Å². The number of carbonyl (C=O) groups excluding carboxylic acids is 1. The molecule has 1 amide bonds. The Hall–Kier alpha value is -0.610. The second kappa shape index (κ2) is 4.75.